The predicted molar refractivity (Wildman–Crippen MR) is 40.2 cm³/mol. The molecule has 0 atom stereocenters. The van der Waals surface area contributed by atoms with Gasteiger partial charge in [0.05, 0.1) is 0 Å². The quantitative estimate of drug-likeness (QED) is 0.367. The molecular formula is CH3BIPS. The molecule has 5 heavy (non-hydrogen) atoms. The fraction of sp³-hybridized carbons (Fsp3) is 1.00. The van der Waals surface area contributed by atoms with E-state index in [4.69, 9.17) is 0 Å². The molecule has 0 N–H and O–H groups in total. The SMILES string of the molecule is CP=BSI. The van der Waals surface area contributed by atoms with Crippen LogP contribution in [0.1, 0.15) is 0 Å². The van der Waals surface area contributed by atoms with Crippen molar-refractivity contribution < 1.29 is 0 Å². The first-order valence-corrected chi connectivity index (χ1v) is 5.93. The average Bonchev–Trinajstić information content (AvgIpc) is 1.41. The van der Waals surface area contributed by atoms with Gasteiger partial charge in [-0.2, -0.15) is 0 Å². The van der Waals surface area contributed by atoms with Gasteiger partial charge in [-0.3, -0.25) is 0 Å². The van der Waals surface area contributed by atoms with Gasteiger partial charge in [-0.05, 0) is 0 Å². The summed E-state index contributed by atoms with van der Waals surface area (Å²) >= 11 is 2.24. The maximum absolute atomic E-state index is 2.24. The van der Waals surface area contributed by atoms with E-state index < -0.39 is 0 Å². The van der Waals surface area contributed by atoms with Gasteiger partial charge < -0.3 is 0 Å². The summed E-state index contributed by atoms with van der Waals surface area (Å²) in [6, 6.07) is 0. The van der Waals surface area contributed by atoms with Gasteiger partial charge in [0.1, 0.15) is 0 Å². The van der Waals surface area contributed by atoms with Crippen molar-refractivity contribution in [3.05, 3.63) is 0 Å². The second-order valence-corrected chi connectivity index (χ2v) is 3.52. The Labute approximate surface area is 50.6 Å². The number of rotatable bonds is 1. The van der Waals surface area contributed by atoms with Crippen LogP contribution in [0.15, 0.2) is 0 Å². The third kappa shape index (κ3) is 5.44. The molecule has 0 saturated heterocycles. The third-order valence-corrected chi connectivity index (χ3v) is 3.35. The Kier molecular flexibility index (Phi) is 7.02. The Morgan fingerprint density at radius 1 is 2.00 bits per heavy atom. The van der Waals surface area contributed by atoms with Crippen LogP contribution < -0.4 is 0 Å². The van der Waals surface area contributed by atoms with Crippen molar-refractivity contribution in [2.75, 3.05) is 6.66 Å². The van der Waals surface area contributed by atoms with Gasteiger partial charge in [0, 0.05) is 0 Å². The summed E-state index contributed by atoms with van der Waals surface area (Å²) in [5.41, 5.74) is 0. The van der Waals surface area contributed by atoms with Gasteiger partial charge >= 0.3 is 50.6 Å². The van der Waals surface area contributed by atoms with Crippen molar-refractivity contribution in [3.8, 4) is 0 Å². The monoisotopic (exact) mass is 216 g/mol. The molecular weight excluding hydrogens is 213 g/mol. The molecule has 0 saturated carbocycles. The van der Waals surface area contributed by atoms with Gasteiger partial charge in [0.15, 0.2) is 0 Å². The molecule has 4 heteroatoms. The maximum atomic E-state index is 2.24. The Morgan fingerprint density at radius 2 is 2.60 bits per heavy atom. The molecule has 0 aromatic rings. The van der Waals surface area contributed by atoms with Gasteiger partial charge in [-0.25, -0.2) is 0 Å². The molecule has 0 aliphatic heterocycles. The second-order valence-electron chi connectivity index (χ2n) is 0.453. The van der Waals surface area contributed by atoms with E-state index in [2.05, 4.69) is 33.8 Å². The van der Waals surface area contributed by atoms with Gasteiger partial charge in [0.2, 0.25) is 0 Å². The Bertz CT molecular complexity index is 38.6. The zero-order valence-electron chi connectivity index (χ0n) is 2.81. The summed E-state index contributed by atoms with van der Waals surface area (Å²) in [7, 11) is 3.09. The molecule has 0 unspecified atom stereocenters. The molecule has 28 valence electrons. The van der Waals surface area contributed by atoms with E-state index >= 15 is 0 Å². The van der Waals surface area contributed by atoms with E-state index in [1.54, 1.807) is 8.78 Å². The molecule has 0 spiro atoms. The summed E-state index contributed by atoms with van der Waals surface area (Å²) in [4.78, 5) is 0. The van der Waals surface area contributed by atoms with Gasteiger partial charge in [0.25, 0.3) is 0 Å². The molecule has 0 heterocycles. The van der Waals surface area contributed by atoms with Crippen molar-refractivity contribution in [2.45, 2.75) is 0 Å². The van der Waals surface area contributed by atoms with Crippen molar-refractivity contribution in [2.24, 2.45) is 0 Å². The Morgan fingerprint density at radius 3 is 2.60 bits per heavy atom. The van der Waals surface area contributed by atoms with Crippen LogP contribution in [0, 0.1) is 0 Å². The van der Waals surface area contributed by atoms with Crippen LogP contribution in [0.5, 0.6) is 0 Å². The minimum atomic E-state index is 1.36. The van der Waals surface area contributed by atoms with E-state index in [1.807, 2.05) is 0 Å². The average molecular weight is 216 g/mol. The van der Waals surface area contributed by atoms with Crippen LogP contribution in [0.25, 0.3) is 0 Å². The predicted octanol–water partition coefficient (Wildman–Crippen LogP) is 2.18. The number of halogens is 1. The summed E-state index contributed by atoms with van der Waals surface area (Å²) < 4.78 is 0. The van der Waals surface area contributed by atoms with Gasteiger partial charge in [-0.1, -0.05) is 0 Å². The molecule has 0 aromatic carbocycles. The molecule has 0 bridgehead atoms. The molecule has 0 aliphatic rings. The van der Waals surface area contributed by atoms with Crippen LogP contribution >= 0.6 is 38.1 Å². The molecule has 0 aromatic heterocycles. The molecule has 0 radical (unpaired) electrons. The first-order chi connectivity index (χ1) is 2.41. The molecule has 0 aliphatic carbocycles. The van der Waals surface area contributed by atoms with Crippen molar-refractivity contribution in [1.82, 2.24) is 0 Å². The Balaban J connectivity index is 2.62. The number of hydrogen-bond acceptors (Lipinski definition) is 1. The topological polar surface area (TPSA) is 0 Å². The van der Waals surface area contributed by atoms with Gasteiger partial charge in [-0.15, -0.1) is 0 Å². The normalized spacial score (nSPS) is 8.40. The van der Waals surface area contributed by atoms with Crippen molar-refractivity contribution in [3.63, 3.8) is 0 Å². The van der Waals surface area contributed by atoms with Crippen LogP contribution in [-0.4, -0.2) is 12.6 Å². The summed E-state index contributed by atoms with van der Waals surface area (Å²) in [6.45, 7) is 2.10. The van der Waals surface area contributed by atoms with E-state index in [0.717, 1.165) is 0 Å². The third-order valence-electron chi connectivity index (χ3n) is 0.145. The summed E-state index contributed by atoms with van der Waals surface area (Å²) in [6.07, 6.45) is 0. The van der Waals surface area contributed by atoms with Crippen molar-refractivity contribution in [1.29, 1.82) is 0 Å². The molecule has 0 rings (SSSR count). The summed E-state index contributed by atoms with van der Waals surface area (Å²) in [5.74, 6) is 2.13. The van der Waals surface area contributed by atoms with E-state index in [9.17, 15) is 0 Å². The standard InChI is InChI=1S/CH3BIPS/c1-4-2-5-3/h1H3. The van der Waals surface area contributed by atoms with Crippen molar-refractivity contribution >= 4 is 44.0 Å². The minimum absolute atomic E-state index is 1.36. The van der Waals surface area contributed by atoms with Crippen LogP contribution in [0.2, 0.25) is 0 Å². The first kappa shape index (κ1) is 6.44. The Hall–Kier alpha value is 1.44. The fourth-order valence-corrected chi connectivity index (χ4v) is 2.41. The zero-order chi connectivity index (χ0) is 4.12. The molecule has 0 amide bonds. The molecule has 0 nitrogen and oxygen atoms in total. The van der Waals surface area contributed by atoms with E-state index in [1.165, 1.54) is 8.07 Å². The molecule has 0 fully saturated rings. The fourth-order valence-electron chi connectivity index (χ4n) is 0.0398. The van der Waals surface area contributed by atoms with Crippen LogP contribution in [0.3, 0.4) is 0 Å². The second kappa shape index (κ2) is 5.44. The first-order valence-electron chi connectivity index (χ1n) is 1.10. The van der Waals surface area contributed by atoms with Crippen LogP contribution in [-0.2, 0) is 0 Å². The summed E-state index contributed by atoms with van der Waals surface area (Å²) in [5, 5.41) is 0. The number of hydrogen-bond donors (Lipinski definition) is 0. The zero-order valence-corrected chi connectivity index (χ0v) is 6.68. The van der Waals surface area contributed by atoms with Crippen LogP contribution in [0.4, 0.5) is 0 Å². The van der Waals surface area contributed by atoms with E-state index in [-0.39, 0.29) is 0 Å². The van der Waals surface area contributed by atoms with E-state index in [0.29, 0.717) is 0 Å².